The number of hydrogen-bond acceptors (Lipinski definition) is 3. The molecule has 1 amide bonds. The van der Waals surface area contributed by atoms with Crippen molar-refractivity contribution in [2.45, 2.75) is 57.7 Å². The summed E-state index contributed by atoms with van der Waals surface area (Å²) in [6, 6.07) is 8.70. The molecule has 4 nitrogen and oxygen atoms in total. The molecule has 2 aliphatic heterocycles. The highest BCUT2D eigenvalue weighted by atomic mass is 16.2. The van der Waals surface area contributed by atoms with Crippen molar-refractivity contribution in [3.8, 4) is 0 Å². The van der Waals surface area contributed by atoms with Gasteiger partial charge < -0.3 is 10.6 Å². The number of benzene rings is 1. The van der Waals surface area contributed by atoms with Gasteiger partial charge in [-0.15, -0.1) is 0 Å². The van der Waals surface area contributed by atoms with Gasteiger partial charge in [-0.3, -0.25) is 9.69 Å². The van der Waals surface area contributed by atoms with Gasteiger partial charge in [0.2, 0.25) is 5.91 Å². The minimum absolute atomic E-state index is 0.00197. The Balaban J connectivity index is 1.44. The van der Waals surface area contributed by atoms with Gasteiger partial charge in [0, 0.05) is 13.1 Å². The predicted molar refractivity (Wildman–Crippen MR) is 93.1 cm³/mol. The van der Waals surface area contributed by atoms with Gasteiger partial charge in [0.1, 0.15) is 0 Å². The largest absolute Gasteiger partial charge is 0.351 e. The molecule has 2 N–H and O–H groups in total. The summed E-state index contributed by atoms with van der Waals surface area (Å²) in [7, 11) is 0. The van der Waals surface area contributed by atoms with E-state index in [9.17, 15) is 4.79 Å². The van der Waals surface area contributed by atoms with Crippen molar-refractivity contribution in [3.63, 3.8) is 0 Å². The van der Waals surface area contributed by atoms with Gasteiger partial charge in [-0.2, -0.15) is 0 Å². The van der Waals surface area contributed by atoms with Crippen molar-refractivity contribution in [1.29, 1.82) is 0 Å². The molecule has 126 valence electrons. The van der Waals surface area contributed by atoms with E-state index in [4.69, 9.17) is 0 Å². The quantitative estimate of drug-likeness (QED) is 0.877. The molecule has 0 spiro atoms. The fourth-order valence-electron chi connectivity index (χ4n) is 3.53. The Hall–Kier alpha value is -1.39. The zero-order valence-corrected chi connectivity index (χ0v) is 14.0. The molecule has 0 aromatic heterocycles. The molecule has 1 atom stereocenters. The molecule has 23 heavy (non-hydrogen) atoms. The number of carbonyl (C=O) groups is 1. The third-order valence-electron chi connectivity index (χ3n) is 4.97. The van der Waals surface area contributed by atoms with E-state index in [-0.39, 0.29) is 11.9 Å². The van der Waals surface area contributed by atoms with E-state index in [0.29, 0.717) is 6.54 Å². The van der Waals surface area contributed by atoms with Crippen LogP contribution in [0.3, 0.4) is 0 Å². The Kier molecular flexibility index (Phi) is 6.06. The maximum absolute atomic E-state index is 12.1. The van der Waals surface area contributed by atoms with Crippen molar-refractivity contribution in [3.05, 3.63) is 35.4 Å². The first-order valence-electron chi connectivity index (χ1n) is 9.12. The van der Waals surface area contributed by atoms with Gasteiger partial charge >= 0.3 is 0 Å². The summed E-state index contributed by atoms with van der Waals surface area (Å²) < 4.78 is 0. The van der Waals surface area contributed by atoms with Crippen molar-refractivity contribution in [2.24, 2.45) is 0 Å². The summed E-state index contributed by atoms with van der Waals surface area (Å²) in [4.78, 5) is 14.7. The Morgan fingerprint density at radius 1 is 1.04 bits per heavy atom. The number of nitrogens with zero attached hydrogens (tertiary/aromatic N) is 1. The lowest BCUT2D eigenvalue weighted by molar-refractivity contribution is -0.123. The van der Waals surface area contributed by atoms with Crippen LogP contribution >= 0.6 is 0 Å². The molecule has 2 fully saturated rings. The van der Waals surface area contributed by atoms with Gasteiger partial charge in [0.25, 0.3) is 0 Å². The Labute approximate surface area is 139 Å². The average Bonchev–Trinajstić information content (AvgIpc) is 2.62. The van der Waals surface area contributed by atoms with Gasteiger partial charge in [0.05, 0.1) is 6.04 Å². The van der Waals surface area contributed by atoms with E-state index in [1.54, 1.807) is 0 Å². The zero-order chi connectivity index (χ0) is 15.9. The summed E-state index contributed by atoms with van der Waals surface area (Å²) >= 11 is 0. The molecule has 1 aromatic carbocycles. The molecule has 3 rings (SSSR count). The molecule has 2 heterocycles. The van der Waals surface area contributed by atoms with Crippen LogP contribution < -0.4 is 10.6 Å². The minimum Gasteiger partial charge on any atom is -0.351 e. The van der Waals surface area contributed by atoms with E-state index in [1.165, 1.54) is 49.9 Å². The lowest BCUT2D eigenvalue weighted by Crippen LogP contribution is -2.46. The maximum atomic E-state index is 12.1. The van der Waals surface area contributed by atoms with Crippen LogP contribution in [0.2, 0.25) is 0 Å². The van der Waals surface area contributed by atoms with Crippen LogP contribution in [0.1, 0.15) is 49.7 Å². The van der Waals surface area contributed by atoms with Crippen molar-refractivity contribution in [2.75, 3.05) is 19.6 Å². The molecule has 2 aliphatic rings. The minimum atomic E-state index is 0.00197. The van der Waals surface area contributed by atoms with Crippen LogP contribution in [0.15, 0.2) is 24.3 Å². The number of amides is 1. The standard InChI is InChI=1S/C19H29N3O/c23-19(18-6-2-3-11-20-18)21-14-16-7-9-17(10-8-16)15-22-12-4-1-5-13-22/h7-10,18,20H,1-6,11-15H2,(H,21,23). The highest BCUT2D eigenvalue weighted by Gasteiger charge is 2.19. The van der Waals surface area contributed by atoms with Crippen molar-refractivity contribution >= 4 is 5.91 Å². The second kappa shape index (κ2) is 8.46. The fraction of sp³-hybridized carbons (Fsp3) is 0.632. The molecule has 0 aliphatic carbocycles. The normalized spacial score (nSPS) is 22.7. The predicted octanol–water partition coefficient (Wildman–Crippen LogP) is 2.43. The highest BCUT2D eigenvalue weighted by molar-refractivity contribution is 5.81. The smallest absolute Gasteiger partial charge is 0.237 e. The molecular weight excluding hydrogens is 286 g/mol. The number of rotatable bonds is 5. The SMILES string of the molecule is O=C(NCc1ccc(CN2CCCCC2)cc1)C1CCCCN1. The van der Waals surface area contributed by atoms with Crippen LogP contribution in [-0.4, -0.2) is 36.5 Å². The third kappa shape index (κ3) is 5.05. The fourth-order valence-corrected chi connectivity index (χ4v) is 3.53. The first-order chi connectivity index (χ1) is 11.3. The molecule has 4 heteroatoms. The van der Waals surface area contributed by atoms with E-state index in [2.05, 4.69) is 39.8 Å². The lowest BCUT2D eigenvalue weighted by Gasteiger charge is -2.26. The van der Waals surface area contributed by atoms with Crippen molar-refractivity contribution in [1.82, 2.24) is 15.5 Å². The molecule has 1 aromatic rings. The number of carbonyl (C=O) groups excluding carboxylic acids is 1. The number of nitrogens with one attached hydrogen (secondary N) is 2. The molecule has 1 unspecified atom stereocenters. The zero-order valence-electron chi connectivity index (χ0n) is 14.0. The van der Waals surface area contributed by atoms with Gasteiger partial charge in [0.15, 0.2) is 0 Å². The van der Waals surface area contributed by atoms with E-state index in [0.717, 1.165) is 25.9 Å². The summed E-state index contributed by atoms with van der Waals surface area (Å²) in [5.74, 6) is 0.141. The van der Waals surface area contributed by atoms with E-state index >= 15 is 0 Å². The van der Waals surface area contributed by atoms with Gasteiger partial charge in [-0.05, 0) is 56.4 Å². The molecule has 0 bridgehead atoms. The summed E-state index contributed by atoms with van der Waals surface area (Å²) in [6.07, 6.45) is 7.34. The number of piperidine rings is 2. The van der Waals surface area contributed by atoms with Crippen LogP contribution in [0.4, 0.5) is 0 Å². The van der Waals surface area contributed by atoms with Gasteiger partial charge in [-0.1, -0.05) is 37.1 Å². The van der Waals surface area contributed by atoms with Crippen molar-refractivity contribution < 1.29 is 4.79 Å². The molecule has 2 saturated heterocycles. The summed E-state index contributed by atoms with van der Waals surface area (Å²) in [5, 5.41) is 6.35. The first-order valence-corrected chi connectivity index (χ1v) is 9.12. The monoisotopic (exact) mass is 315 g/mol. The Morgan fingerprint density at radius 3 is 2.48 bits per heavy atom. The average molecular weight is 315 g/mol. The van der Waals surface area contributed by atoms with E-state index in [1.807, 2.05) is 0 Å². The number of likely N-dealkylation sites (tertiary alicyclic amines) is 1. The van der Waals surface area contributed by atoms with Crippen LogP contribution in [0, 0.1) is 0 Å². The van der Waals surface area contributed by atoms with Crippen LogP contribution in [0.5, 0.6) is 0 Å². The Morgan fingerprint density at radius 2 is 1.78 bits per heavy atom. The topological polar surface area (TPSA) is 44.4 Å². The Bertz CT molecular complexity index is 488. The third-order valence-corrected chi connectivity index (χ3v) is 4.97. The number of hydrogen-bond donors (Lipinski definition) is 2. The highest BCUT2D eigenvalue weighted by Crippen LogP contribution is 2.14. The van der Waals surface area contributed by atoms with Crippen LogP contribution in [-0.2, 0) is 17.9 Å². The van der Waals surface area contributed by atoms with Crippen LogP contribution in [0.25, 0.3) is 0 Å². The summed E-state index contributed by atoms with van der Waals surface area (Å²) in [6.45, 7) is 5.10. The summed E-state index contributed by atoms with van der Waals surface area (Å²) in [5.41, 5.74) is 2.55. The second-order valence-corrected chi connectivity index (χ2v) is 6.87. The second-order valence-electron chi connectivity index (χ2n) is 6.87. The molecule has 0 saturated carbocycles. The lowest BCUT2D eigenvalue weighted by atomic mass is 10.0. The molecule has 0 radical (unpaired) electrons. The first kappa shape index (κ1) is 16.5. The molecular formula is C19H29N3O. The maximum Gasteiger partial charge on any atom is 0.237 e. The van der Waals surface area contributed by atoms with Gasteiger partial charge in [-0.25, -0.2) is 0 Å². The van der Waals surface area contributed by atoms with E-state index < -0.39 is 0 Å².